The summed E-state index contributed by atoms with van der Waals surface area (Å²) in [6.45, 7) is 5.41. The van der Waals surface area contributed by atoms with Crippen molar-refractivity contribution in [3.63, 3.8) is 0 Å². The van der Waals surface area contributed by atoms with Gasteiger partial charge in [-0.2, -0.15) is 5.26 Å². The van der Waals surface area contributed by atoms with E-state index >= 15 is 0 Å². The molecule has 92 valence electrons. The van der Waals surface area contributed by atoms with E-state index in [2.05, 4.69) is 37.2 Å². The predicted molar refractivity (Wildman–Crippen MR) is 67.2 cm³/mol. The average Bonchev–Trinajstić information content (AvgIpc) is 2.30. The van der Waals surface area contributed by atoms with Crippen LogP contribution in [0.3, 0.4) is 0 Å². The van der Waals surface area contributed by atoms with Crippen molar-refractivity contribution in [1.82, 2.24) is 10.2 Å². The van der Waals surface area contributed by atoms with Gasteiger partial charge in [0, 0.05) is 31.1 Å². The summed E-state index contributed by atoms with van der Waals surface area (Å²) in [4.78, 5) is 2.51. The smallest absolute Gasteiger partial charge is 0.0635 e. The van der Waals surface area contributed by atoms with Crippen LogP contribution in [0.25, 0.3) is 0 Å². The zero-order valence-electron chi connectivity index (χ0n) is 10.9. The van der Waals surface area contributed by atoms with Crippen molar-refractivity contribution in [1.29, 1.82) is 5.26 Å². The quantitative estimate of drug-likeness (QED) is 0.776. The average molecular weight is 223 g/mol. The van der Waals surface area contributed by atoms with Crippen LogP contribution in [0.15, 0.2) is 0 Å². The minimum absolute atomic E-state index is 0.560. The van der Waals surface area contributed by atoms with Gasteiger partial charge < -0.3 is 5.32 Å². The normalized spacial score (nSPS) is 26.0. The van der Waals surface area contributed by atoms with Gasteiger partial charge >= 0.3 is 0 Å². The number of hydrogen-bond acceptors (Lipinski definition) is 3. The van der Waals surface area contributed by atoms with Crippen molar-refractivity contribution in [2.75, 3.05) is 13.6 Å². The first-order valence-electron chi connectivity index (χ1n) is 6.49. The lowest BCUT2D eigenvalue weighted by Crippen LogP contribution is -2.45. The van der Waals surface area contributed by atoms with E-state index in [1.54, 1.807) is 0 Å². The Kier molecular flexibility index (Phi) is 5.79. The number of nitrogens with zero attached hydrogens (tertiary/aromatic N) is 2. The molecular weight excluding hydrogens is 198 g/mol. The highest BCUT2D eigenvalue weighted by atomic mass is 15.2. The Morgan fingerprint density at radius 1 is 1.31 bits per heavy atom. The molecule has 1 saturated carbocycles. The molecule has 0 aromatic rings. The van der Waals surface area contributed by atoms with Gasteiger partial charge in [0.05, 0.1) is 6.07 Å². The Morgan fingerprint density at radius 2 is 1.94 bits per heavy atom. The molecule has 0 spiro atoms. The molecule has 0 amide bonds. The zero-order chi connectivity index (χ0) is 12.0. The van der Waals surface area contributed by atoms with Crippen LogP contribution < -0.4 is 5.32 Å². The Hall–Kier alpha value is -0.590. The predicted octanol–water partition coefficient (Wildman–Crippen LogP) is 2.14. The maximum absolute atomic E-state index is 8.69. The molecule has 0 aromatic heterocycles. The molecule has 1 rings (SSSR count). The standard InChI is InChI=1S/C13H25N3/c1-11(2)16(10-4-9-14)13-7-5-12(15-3)6-8-13/h11-13,15H,4-8,10H2,1-3H3. The molecule has 0 saturated heterocycles. The van der Waals surface area contributed by atoms with E-state index in [0.29, 0.717) is 24.5 Å². The summed E-state index contributed by atoms with van der Waals surface area (Å²) in [5.74, 6) is 0. The zero-order valence-corrected chi connectivity index (χ0v) is 10.9. The Bertz CT molecular complexity index is 224. The minimum atomic E-state index is 0.560. The molecule has 0 atom stereocenters. The van der Waals surface area contributed by atoms with Crippen molar-refractivity contribution in [3.05, 3.63) is 0 Å². The first-order valence-corrected chi connectivity index (χ1v) is 6.49. The van der Waals surface area contributed by atoms with Crippen molar-refractivity contribution in [3.8, 4) is 6.07 Å². The van der Waals surface area contributed by atoms with Crippen LogP contribution in [0, 0.1) is 11.3 Å². The fraction of sp³-hybridized carbons (Fsp3) is 0.923. The van der Waals surface area contributed by atoms with Gasteiger partial charge in [-0.15, -0.1) is 0 Å². The van der Waals surface area contributed by atoms with Crippen molar-refractivity contribution in [2.45, 2.75) is 64.1 Å². The minimum Gasteiger partial charge on any atom is -0.317 e. The summed E-state index contributed by atoms with van der Waals surface area (Å²) in [6.07, 6.45) is 5.75. The summed E-state index contributed by atoms with van der Waals surface area (Å²) >= 11 is 0. The summed E-state index contributed by atoms with van der Waals surface area (Å²) < 4.78 is 0. The highest BCUT2D eigenvalue weighted by molar-refractivity contribution is 4.85. The van der Waals surface area contributed by atoms with Crippen LogP contribution >= 0.6 is 0 Å². The number of nitriles is 1. The number of hydrogen-bond donors (Lipinski definition) is 1. The monoisotopic (exact) mass is 223 g/mol. The molecule has 1 fully saturated rings. The first kappa shape index (κ1) is 13.5. The van der Waals surface area contributed by atoms with Crippen molar-refractivity contribution < 1.29 is 0 Å². The molecule has 3 heteroatoms. The van der Waals surface area contributed by atoms with Crippen LogP contribution in [0.4, 0.5) is 0 Å². The second-order valence-corrected chi connectivity index (χ2v) is 5.03. The molecule has 1 N–H and O–H groups in total. The van der Waals surface area contributed by atoms with Gasteiger partial charge in [-0.1, -0.05) is 0 Å². The lowest BCUT2D eigenvalue weighted by molar-refractivity contribution is 0.115. The highest BCUT2D eigenvalue weighted by Crippen LogP contribution is 2.24. The molecule has 0 bridgehead atoms. The lowest BCUT2D eigenvalue weighted by atomic mass is 9.89. The Morgan fingerprint density at radius 3 is 2.38 bits per heavy atom. The van der Waals surface area contributed by atoms with Crippen LogP contribution in [-0.2, 0) is 0 Å². The van der Waals surface area contributed by atoms with E-state index in [9.17, 15) is 0 Å². The molecule has 0 aromatic carbocycles. The van der Waals surface area contributed by atoms with E-state index in [1.807, 2.05) is 0 Å². The Labute approximate surface area is 99.8 Å². The van der Waals surface area contributed by atoms with Gasteiger partial charge in [0.25, 0.3) is 0 Å². The van der Waals surface area contributed by atoms with E-state index in [-0.39, 0.29) is 0 Å². The summed E-state index contributed by atoms with van der Waals surface area (Å²) in [5.41, 5.74) is 0. The van der Waals surface area contributed by atoms with Crippen molar-refractivity contribution >= 4 is 0 Å². The number of nitrogens with one attached hydrogen (secondary N) is 1. The van der Waals surface area contributed by atoms with Crippen molar-refractivity contribution in [2.24, 2.45) is 0 Å². The molecule has 3 nitrogen and oxygen atoms in total. The highest BCUT2D eigenvalue weighted by Gasteiger charge is 2.26. The topological polar surface area (TPSA) is 39.1 Å². The largest absolute Gasteiger partial charge is 0.317 e. The van der Waals surface area contributed by atoms with Gasteiger partial charge in [-0.3, -0.25) is 4.90 Å². The lowest BCUT2D eigenvalue weighted by Gasteiger charge is -2.39. The number of rotatable bonds is 5. The third kappa shape index (κ3) is 3.77. The van der Waals surface area contributed by atoms with Gasteiger partial charge in [-0.05, 0) is 46.6 Å². The van der Waals surface area contributed by atoms with Crippen LogP contribution in [0.5, 0.6) is 0 Å². The fourth-order valence-corrected chi connectivity index (χ4v) is 2.74. The molecule has 0 unspecified atom stereocenters. The summed E-state index contributed by atoms with van der Waals surface area (Å²) in [7, 11) is 2.06. The molecular formula is C13H25N3. The van der Waals surface area contributed by atoms with Crippen LogP contribution in [-0.4, -0.2) is 36.6 Å². The maximum atomic E-state index is 8.69. The fourth-order valence-electron chi connectivity index (χ4n) is 2.74. The van der Waals surface area contributed by atoms with Gasteiger partial charge in [0.2, 0.25) is 0 Å². The molecule has 0 aliphatic heterocycles. The van der Waals surface area contributed by atoms with Crippen LogP contribution in [0.2, 0.25) is 0 Å². The SMILES string of the molecule is CNC1CCC(N(CCC#N)C(C)C)CC1. The molecule has 1 aliphatic rings. The first-order chi connectivity index (χ1) is 7.69. The molecule has 1 aliphatic carbocycles. The van der Waals surface area contributed by atoms with E-state index in [1.165, 1.54) is 25.7 Å². The maximum Gasteiger partial charge on any atom is 0.0635 e. The third-order valence-corrected chi connectivity index (χ3v) is 3.72. The summed E-state index contributed by atoms with van der Waals surface area (Å²) in [5, 5.41) is 12.1. The Balaban J connectivity index is 2.44. The summed E-state index contributed by atoms with van der Waals surface area (Å²) in [6, 6.07) is 4.22. The molecule has 0 heterocycles. The third-order valence-electron chi connectivity index (χ3n) is 3.72. The van der Waals surface area contributed by atoms with Gasteiger partial charge in [0.15, 0.2) is 0 Å². The molecule has 16 heavy (non-hydrogen) atoms. The van der Waals surface area contributed by atoms with Gasteiger partial charge in [-0.25, -0.2) is 0 Å². The van der Waals surface area contributed by atoms with Gasteiger partial charge in [0.1, 0.15) is 0 Å². The van der Waals surface area contributed by atoms with E-state index in [4.69, 9.17) is 5.26 Å². The molecule has 0 radical (unpaired) electrons. The van der Waals surface area contributed by atoms with E-state index in [0.717, 1.165) is 6.54 Å². The van der Waals surface area contributed by atoms with Crippen LogP contribution in [0.1, 0.15) is 46.0 Å². The second kappa shape index (κ2) is 6.88. The second-order valence-electron chi connectivity index (χ2n) is 5.03. The van der Waals surface area contributed by atoms with E-state index < -0.39 is 0 Å².